The van der Waals surface area contributed by atoms with Crippen LogP contribution in [0.25, 0.3) is 0 Å². The maximum Gasteiger partial charge on any atom is 0.119 e. The van der Waals surface area contributed by atoms with Crippen LogP contribution >= 0.6 is 15.9 Å². The van der Waals surface area contributed by atoms with Gasteiger partial charge in [-0.25, -0.2) is 0 Å². The van der Waals surface area contributed by atoms with Crippen molar-refractivity contribution in [2.24, 2.45) is 17.1 Å². The van der Waals surface area contributed by atoms with Gasteiger partial charge in [-0.3, -0.25) is 0 Å². The minimum Gasteiger partial charge on any atom is -0.497 e. The number of halogens is 1. The third-order valence-corrected chi connectivity index (χ3v) is 4.64. The van der Waals surface area contributed by atoms with E-state index < -0.39 is 0 Å². The van der Waals surface area contributed by atoms with Gasteiger partial charge in [0.05, 0.1) is 7.11 Å². The van der Waals surface area contributed by atoms with E-state index in [2.05, 4.69) is 49.7 Å². The van der Waals surface area contributed by atoms with Crippen LogP contribution in [0.2, 0.25) is 0 Å². The summed E-state index contributed by atoms with van der Waals surface area (Å²) in [6, 6.07) is 6.22. The van der Waals surface area contributed by atoms with Crippen LogP contribution in [0.3, 0.4) is 0 Å². The normalized spacial score (nSPS) is 15.1. The zero-order valence-corrected chi connectivity index (χ0v) is 14.3. The lowest BCUT2D eigenvalue weighted by Gasteiger charge is -2.29. The van der Waals surface area contributed by atoms with E-state index in [9.17, 15) is 0 Å². The molecule has 2 unspecified atom stereocenters. The molecule has 108 valence electrons. The Kier molecular flexibility index (Phi) is 5.87. The van der Waals surface area contributed by atoms with Gasteiger partial charge in [-0.05, 0) is 47.9 Å². The topological polar surface area (TPSA) is 35.2 Å². The van der Waals surface area contributed by atoms with Crippen molar-refractivity contribution >= 4 is 15.9 Å². The van der Waals surface area contributed by atoms with Crippen LogP contribution < -0.4 is 10.5 Å². The molecule has 0 saturated carbocycles. The van der Waals surface area contributed by atoms with Gasteiger partial charge in [0.15, 0.2) is 0 Å². The molecule has 0 radical (unpaired) electrons. The van der Waals surface area contributed by atoms with Gasteiger partial charge in [-0.1, -0.05) is 43.6 Å². The lowest BCUT2D eigenvalue weighted by Crippen LogP contribution is -2.30. The fourth-order valence-corrected chi connectivity index (χ4v) is 2.42. The number of rotatable bonds is 5. The zero-order valence-electron chi connectivity index (χ0n) is 12.7. The van der Waals surface area contributed by atoms with Crippen LogP contribution in [0.4, 0.5) is 0 Å². The molecule has 2 N–H and O–H groups in total. The second-order valence-corrected chi connectivity index (χ2v) is 7.28. The molecular formula is C16H26BrNO. The first-order valence-corrected chi connectivity index (χ1v) is 7.61. The minimum atomic E-state index is 0.178. The molecule has 0 saturated heterocycles. The highest BCUT2D eigenvalue weighted by Crippen LogP contribution is 2.30. The summed E-state index contributed by atoms with van der Waals surface area (Å²) in [4.78, 5) is 0. The molecule has 0 amide bonds. The average molecular weight is 328 g/mol. The fraction of sp³-hybridized carbons (Fsp3) is 0.625. The van der Waals surface area contributed by atoms with Gasteiger partial charge in [0, 0.05) is 10.5 Å². The van der Waals surface area contributed by atoms with Gasteiger partial charge in [-0.2, -0.15) is 0 Å². The number of benzene rings is 1. The van der Waals surface area contributed by atoms with E-state index in [-0.39, 0.29) is 6.04 Å². The first-order chi connectivity index (χ1) is 8.74. The smallest absolute Gasteiger partial charge is 0.119 e. The molecule has 0 aliphatic heterocycles. The van der Waals surface area contributed by atoms with Gasteiger partial charge in [0.25, 0.3) is 0 Å². The van der Waals surface area contributed by atoms with E-state index in [0.717, 1.165) is 23.1 Å². The SMILES string of the molecule is COc1ccc(Br)c(CC(N)CC(C)C(C)(C)C)c1. The summed E-state index contributed by atoms with van der Waals surface area (Å²) < 4.78 is 6.37. The molecular weight excluding hydrogens is 302 g/mol. The molecule has 3 heteroatoms. The molecule has 1 aromatic carbocycles. The van der Waals surface area contributed by atoms with E-state index in [1.807, 2.05) is 12.1 Å². The predicted molar refractivity (Wildman–Crippen MR) is 85.6 cm³/mol. The van der Waals surface area contributed by atoms with Gasteiger partial charge >= 0.3 is 0 Å². The molecule has 1 aromatic rings. The molecule has 0 heterocycles. The molecule has 2 nitrogen and oxygen atoms in total. The maximum absolute atomic E-state index is 6.30. The monoisotopic (exact) mass is 327 g/mol. The lowest BCUT2D eigenvalue weighted by atomic mass is 9.78. The Morgan fingerprint density at radius 3 is 2.47 bits per heavy atom. The van der Waals surface area contributed by atoms with Gasteiger partial charge in [0.1, 0.15) is 5.75 Å². The highest BCUT2D eigenvalue weighted by molar-refractivity contribution is 9.10. The Hall–Kier alpha value is -0.540. The van der Waals surface area contributed by atoms with Crippen molar-refractivity contribution in [2.45, 2.75) is 46.6 Å². The lowest BCUT2D eigenvalue weighted by molar-refractivity contribution is 0.233. The Morgan fingerprint density at radius 1 is 1.32 bits per heavy atom. The Labute approximate surface area is 125 Å². The van der Waals surface area contributed by atoms with Crippen molar-refractivity contribution in [1.82, 2.24) is 0 Å². The number of nitrogens with two attached hydrogens (primary N) is 1. The van der Waals surface area contributed by atoms with Crippen molar-refractivity contribution in [2.75, 3.05) is 7.11 Å². The fourth-order valence-electron chi connectivity index (χ4n) is 2.01. The van der Waals surface area contributed by atoms with Crippen LogP contribution in [0.15, 0.2) is 22.7 Å². The average Bonchev–Trinajstić information content (AvgIpc) is 2.30. The highest BCUT2D eigenvalue weighted by atomic mass is 79.9. The molecule has 0 spiro atoms. The van der Waals surface area contributed by atoms with E-state index in [1.165, 1.54) is 5.56 Å². The molecule has 0 aliphatic rings. The van der Waals surface area contributed by atoms with Crippen LogP contribution in [0.5, 0.6) is 5.75 Å². The zero-order chi connectivity index (χ0) is 14.6. The van der Waals surface area contributed by atoms with Crippen molar-refractivity contribution in [1.29, 1.82) is 0 Å². The Bertz CT molecular complexity index is 412. The largest absolute Gasteiger partial charge is 0.497 e. The molecule has 0 fully saturated rings. The van der Waals surface area contributed by atoms with E-state index in [0.29, 0.717) is 11.3 Å². The van der Waals surface area contributed by atoms with E-state index in [1.54, 1.807) is 7.11 Å². The molecule has 0 aliphatic carbocycles. The van der Waals surface area contributed by atoms with Crippen molar-refractivity contribution < 1.29 is 4.74 Å². The molecule has 2 atom stereocenters. The number of methoxy groups -OCH3 is 1. The number of hydrogen-bond acceptors (Lipinski definition) is 2. The van der Waals surface area contributed by atoms with Crippen LogP contribution in [0.1, 0.15) is 39.7 Å². The summed E-state index contributed by atoms with van der Waals surface area (Å²) in [5.41, 5.74) is 7.83. The summed E-state index contributed by atoms with van der Waals surface area (Å²) >= 11 is 3.58. The summed E-state index contributed by atoms with van der Waals surface area (Å²) in [5, 5.41) is 0. The summed E-state index contributed by atoms with van der Waals surface area (Å²) in [7, 11) is 1.69. The molecule has 0 aromatic heterocycles. The second-order valence-electron chi connectivity index (χ2n) is 6.42. The van der Waals surface area contributed by atoms with Crippen LogP contribution in [-0.4, -0.2) is 13.2 Å². The maximum atomic E-state index is 6.30. The number of ether oxygens (including phenoxy) is 1. The molecule has 0 bridgehead atoms. The van der Waals surface area contributed by atoms with Crippen molar-refractivity contribution in [3.63, 3.8) is 0 Å². The van der Waals surface area contributed by atoms with Crippen molar-refractivity contribution in [3.05, 3.63) is 28.2 Å². The number of hydrogen-bond donors (Lipinski definition) is 1. The van der Waals surface area contributed by atoms with E-state index >= 15 is 0 Å². The molecule has 19 heavy (non-hydrogen) atoms. The van der Waals surface area contributed by atoms with Gasteiger partial charge < -0.3 is 10.5 Å². The third-order valence-electron chi connectivity index (χ3n) is 3.87. The quantitative estimate of drug-likeness (QED) is 0.869. The van der Waals surface area contributed by atoms with E-state index in [4.69, 9.17) is 10.5 Å². The van der Waals surface area contributed by atoms with Crippen LogP contribution in [-0.2, 0) is 6.42 Å². The summed E-state index contributed by atoms with van der Waals surface area (Å²) in [5.74, 6) is 1.49. The predicted octanol–water partition coefficient (Wildman–Crippen LogP) is 4.40. The summed E-state index contributed by atoms with van der Waals surface area (Å²) in [6.07, 6.45) is 1.91. The van der Waals surface area contributed by atoms with Crippen molar-refractivity contribution in [3.8, 4) is 5.75 Å². The van der Waals surface area contributed by atoms with Gasteiger partial charge in [0.2, 0.25) is 0 Å². The first kappa shape index (κ1) is 16.5. The van der Waals surface area contributed by atoms with Crippen LogP contribution in [0, 0.1) is 11.3 Å². The Morgan fingerprint density at radius 2 is 1.95 bits per heavy atom. The minimum absolute atomic E-state index is 0.178. The van der Waals surface area contributed by atoms with Gasteiger partial charge in [-0.15, -0.1) is 0 Å². The highest BCUT2D eigenvalue weighted by Gasteiger charge is 2.22. The summed E-state index contributed by atoms with van der Waals surface area (Å²) in [6.45, 7) is 9.09. The second kappa shape index (κ2) is 6.76. The standard InChI is InChI=1S/C16H26BrNO/c1-11(16(2,3)4)8-13(18)9-12-10-14(19-5)6-7-15(12)17/h6-7,10-11,13H,8-9,18H2,1-5H3. The first-order valence-electron chi connectivity index (χ1n) is 6.82. The third kappa shape index (κ3) is 5.15. The molecule has 1 rings (SSSR count). The Balaban J connectivity index is 2.69.